The summed E-state index contributed by atoms with van der Waals surface area (Å²) < 4.78 is 6.11. The summed E-state index contributed by atoms with van der Waals surface area (Å²) in [5, 5.41) is 0. The molecule has 43 valence electrons. The monoisotopic (exact) mass is 154 g/mol. The van der Waals surface area contributed by atoms with Crippen molar-refractivity contribution in [3.05, 3.63) is 0 Å². The minimum absolute atomic E-state index is 0.407. The molecule has 0 aliphatic heterocycles. The van der Waals surface area contributed by atoms with Crippen LogP contribution in [0.2, 0.25) is 3.72 Å². The Morgan fingerprint density at radius 3 is 1.57 bits per heavy atom. The van der Waals surface area contributed by atoms with E-state index in [1.807, 2.05) is 0 Å². The van der Waals surface area contributed by atoms with Gasteiger partial charge in [0.2, 0.25) is 0 Å². The van der Waals surface area contributed by atoms with Crippen LogP contribution in [0.25, 0.3) is 0 Å². The molecule has 1 atom stereocenters. The molecule has 0 radical (unpaired) electrons. The van der Waals surface area contributed by atoms with Gasteiger partial charge in [0.15, 0.2) is 0 Å². The molecule has 0 fully saturated rings. The van der Waals surface area contributed by atoms with Crippen molar-refractivity contribution in [1.82, 2.24) is 0 Å². The van der Waals surface area contributed by atoms with Gasteiger partial charge in [-0.3, -0.25) is 0 Å². The van der Waals surface area contributed by atoms with E-state index in [0.717, 1.165) is 0 Å². The molecule has 7 heavy (non-hydrogen) atoms. The molecule has 0 amide bonds. The van der Waals surface area contributed by atoms with Gasteiger partial charge in [-0.2, -0.15) is 0 Å². The van der Waals surface area contributed by atoms with Crippen LogP contribution in [0, 0.1) is 0 Å². The fourth-order valence-corrected chi connectivity index (χ4v) is 0. The zero-order chi connectivity index (χ0) is 6.08. The SMILES string of the molecule is C[C](C)(C)[Ti]([NH2])[PH2]. The van der Waals surface area contributed by atoms with Crippen LogP contribution in [-0.4, -0.2) is 0 Å². The maximum atomic E-state index is 5.70. The van der Waals surface area contributed by atoms with Crippen molar-refractivity contribution in [2.75, 3.05) is 0 Å². The summed E-state index contributed by atoms with van der Waals surface area (Å²) in [4.78, 5) is 0. The van der Waals surface area contributed by atoms with E-state index in [2.05, 4.69) is 28.0 Å². The minimum atomic E-state index is -1.17. The molecule has 0 aromatic heterocycles. The molecule has 0 heterocycles. The van der Waals surface area contributed by atoms with Crippen molar-refractivity contribution >= 4 is 7.23 Å². The van der Waals surface area contributed by atoms with Gasteiger partial charge in [-0.05, 0) is 0 Å². The van der Waals surface area contributed by atoms with Crippen molar-refractivity contribution in [3.8, 4) is 0 Å². The normalized spacial score (nSPS) is 11.6. The Morgan fingerprint density at radius 2 is 1.57 bits per heavy atom. The van der Waals surface area contributed by atoms with Crippen LogP contribution in [0.5, 0.6) is 0 Å². The molecule has 1 nitrogen and oxygen atoms in total. The van der Waals surface area contributed by atoms with Crippen LogP contribution in [0.3, 0.4) is 0 Å². The van der Waals surface area contributed by atoms with E-state index in [1.54, 1.807) is 0 Å². The Kier molecular flexibility index (Phi) is 3.00. The van der Waals surface area contributed by atoms with Gasteiger partial charge in [-0.15, -0.1) is 0 Å². The Bertz CT molecular complexity index is 57.2. The zero-order valence-corrected chi connectivity index (χ0v) is 7.87. The predicted molar refractivity (Wildman–Crippen MR) is 33.6 cm³/mol. The summed E-state index contributed by atoms with van der Waals surface area (Å²) in [5.41, 5.74) is 0. The molecule has 0 aromatic rings. The third-order valence-corrected chi connectivity index (χ3v) is 7.14. The summed E-state index contributed by atoms with van der Waals surface area (Å²) in [5.74, 6) is 0. The second-order valence-electron chi connectivity index (χ2n) is 2.71. The second-order valence-corrected chi connectivity index (χ2v) is 9.03. The first-order chi connectivity index (χ1) is 2.94. The van der Waals surface area contributed by atoms with Crippen LogP contribution in [0.1, 0.15) is 20.8 Å². The molecule has 0 saturated heterocycles. The van der Waals surface area contributed by atoms with Crippen molar-refractivity contribution in [3.63, 3.8) is 0 Å². The van der Waals surface area contributed by atoms with Gasteiger partial charge in [0.25, 0.3) is 0 Å². The van der Waals surface area contributed by atoms with E-state index in [1.165, 1.54) is 0 Å². The summed E-state index contributed by atoms with van der Waals surface area (Å²) in [6, 6.07) is 0. The molecule has 0 aromatic carbocycles. The molecule has 3 heteroatoms. The molecular weight excluding hydrogens is 141 g/mol. The third-order valence-electron chi connectivity index (χ3n) is 0.866. The Balaban J connectivity index is 3.54. The van der Waals surface area contributed by atoms with Crippen LogP contribution in [0.15, 0.2) is 0 Å². The first-order valence-corrected chi connectivity index (χ1v) is 7.29. The zero-order valence-electron chi connectivity index (χ0n) is 5.15. The van der Waals surface area contributed by atoms with Crippen LogP contribution in [0.4, 0.5) is 0 Å². The molecule has 0 rings (SSSR count). The summed E-state index contributed by atoms with van der Waals surface area (Å²) in [6.45, 7) is 6.57. The van der Waals surface area contributed by atoms with Crippen LogP contribution in [-0.2, 0) is 17.6 Å². The maximum absolute atomic E-state index is 5.70. The van der Waals surface area contributed by atoms with Gasteiger partial charge in [0.1, 0.15) is 0 Å². The van der Waals surface area contributed by atoms with E-state index >= 15 is 0 Å². The molecule has 0 aliphatic carbocycles. The van der Waals surface area contributed by atoms with Gasteiger partial charge in [-0.25, -0.2) is 0 Å². The predicted octanol–water partition coefficient (Wildman–Crippen LogP) is 1.49. The van der Waals surface area contributed by atoms with Gasteiger partial charge in [0.05, 0.1) is 0 Å². The molecular formula is C4H13NPTi. The fraction of sp³-hybridized carbons (Fsp3) is 1.00. The van der Waals surface area contributed by atoms with Crippen molar-refractivity contribution < 1.29 is 17.6 Å². The molecule has 2 N–H and O–H groups in total. The standard InChI is InChI=1S/C4H9.H2N.H2P.Ti/c1-4(2)3;;;/h1-3H3;2*1H2;/q;2*-1;+2. The first-order valence-electron chi connectivity index (χ1n) is 2.33. The van der Waals surface area contributed by atoms with Crippen molar-refractivity contribution in [2.24, 2.45) is 4.22 Å². The molecule has 0 saturated carbocycles. The molecule has 0 bridgehead atoms. The van der Waals surface area contributed by atoms with E-state index in [0.29, 0.717) is 3.72 Å². The van der Waals surface area contributed by atoms with E-state index < -0.39 is 17.6 Å². The Labute approximate surface area is 53.8 Å². The average molecular weight is 154 g/mol. The number of rotatable bonds is 0. The van der Waals surface area contributed by atoms with E-state index in [-0.39, 0.29) is 0 Å². The summed E-state index contributed by atoms with van der Waals surface area (Å²) >= 11 is -1.17. The van der Waals surface area contributed by atoms with Gasteiger partial charge in [-0.1, -0.05) is 0 Å². The van der Waals surface area contributed by atoms with Gasteiger partial charge >= 0.3 is 53.5 Å². The molecule has 0 spiro atoms. The van der Waals surface area contributed by atoms with Crippen LogP contribution >= 0.6 is 7.23 Å². The molecule has 0 aliphatic rings. The quantitative estimate of drug-likeness (QED) is 0.415. The van der Waals surface area contributed by atoms with Crippen molar-refractivity contribution in [2.45, 2.75) is 24.5 Å². The van der Waals surface area contributed by atoms with Crippen LogP contribution < -0.4 is 4.22 Å². The Hall–Kier alpha value is 1.10. The number of nitrogens with two attached hydrogens (primary N) is 1. The summed E-state index contributed by atoms with van der Waals surface area (Å²) in [7, 11) is 2.75. The molecule has 1 unspecified atom stereocenters. The topological polar surface area (TPSA) is 26.0 Å². The van der Waals surface area contributed by atoms with E-state index in [4.69, 9.17) is 4.22 Å². The second kappa shape index (κ2) is 2.59. The first kappa shape index (κ1) is 8.10. The van der Waals surface area contributed by atoms with Gasteiger partial charge in [0, 0.05) is 0 Å². The van der Waals surface area contributed by atoms with Crippen molar-refractivity contribution in [1.29, 1.82) is 0 Å². The summed E-state index contributed by atoms with van der Waals surface area (Å²) in [6.07, 6.45) is 0. The number of hydrogen-bond donors (Lipinski definition) is 1. The van der Waals surface area contributed by atoms with E-state index in [9.17, 15) is 0 Å². The fourth-order valence-electron chi connectivity index (χ4n) is 0. The third kappa shape index (κ3) is 3.67. The number of hydrogen-bond acceptors (Lipinski definition) is 1. The van der Waals surface area contributed by atoms with Gasteiger partial charge < -0.3 is 0 Å². The average Bonchev–Trinajstić information content (AvgIpc) is 1.31. The Morgan fingerprint density at radius 1 is 1.43 bits per heavy atom.